The molecular weight excluding hydrogens is 448 g/mol. The van der Waals surface area contributed by atoms with Crippen molar-refractivity contribution >= 4 is 34.8 Å². The van der Waals surface area contributed by atoms with Crippen molar-refractivity contribution in [1.29, 1.82) is 0 Å². The molecule has 2 amide bonds. The minimum absolute atomic E-state index is 0.00756. The number of hydrogen-bond donors (Lipinski definition) is 0. The molecule has 0 radical (unpaired) electrons. The number of hydrogen-bond acceptors (Lipinski definition) is 3. The Hall–Kier alpha value is -3.31. The Bertz CT molecular complexity index is 1190. The van der Waals surface area contributed by atoms with E-state index in [2.05, 4.69) is 0 Å². The third-order valence-corrected chi connectivity index (χ3v) is 6.88. The Kier molecular flexibility index (Phi) is 6.67. The number of nitrogens with zero attached hydrogens (tertiary/aromatic N) is 2. The van der Waals surface area contributed by atoms with Crippen molar-refractivity contribution in [2.24, 2.45) is 0 Å². The van der Waals surface area contributed by atoms with Crippen LogP contribution in [0.15, 0.2) is 72.8 Å². The normalized spacial score (nSPS) is 19.3. The third-order valence-electron chi connectivity index (χ3n) is 6.63. The van der Waals surface area contributed by atoms with E-state index in [0.29, 0.717) is 29.3 Å². The van der Waals surface area contributed by atoms with E-state index in [9.17, 15) is 9.59 Å². The molecule has 1 heterocycles. The van der Waals surface area contributed by atoms with Crippen LogP contribution in [0.2, 0.25) is 5.02 Å². The summed E-state index contributed by atoms with van der Waals surface area (Å²) >= 11 is 6.07. The Labute approximate surface area is 205 Å². The van der Waals surface area contributed by atoms with Gasteiger partial charge in [-0.2, -0.15) is 0 Å². The first-order valence-electron chi connectivity index (χ1n) is 11.4. The number of halogens is 1. The maximum absolute atomic E-state index is 14.0. The van der Waals surface area contributed by atoms with Gasteiger partial charge in [-0.15, -0.1) is 0 Å². The molecule has 4 rings (SSSR count). The SMILES string of the molecule is CCN(C(=O)C1(C)CC(C)N(C(=O)c2ccc(OC)cc2)c2ccccc21)c1ccc(Cl)cc1. The molecule has 3 aromatic rings. The number of amides is 2. The molecule has 0 bridgehead atoms. The summed E-state index contributed by atoms with van der Waals surface area (Å²) in [5.74, 6) is 0.610. The largest absolute Gasteiger partial charge is 0.497 e. The number of methoxy groups -OCH3 is 1. The second-order valence-electron chi connectivity index (χ2n) is 8.83. The lowest BCUT2D eigenvalue weighted by Gasteiger charge is -2.45. The molecule has 0 saturated carbocycles. The topological polar surface area (TPSA) is 49.9 Å². The molecule has 2 unspecified atom stereocenters. The number of carbonyl (C=O) groups excluding carboxylic acids is 2. The highest BCUT2D eigenvalue weighted by Gasteiger charge is 2.47. The van der Waals surface area contributed by atoms with E-state index in [1.165, 1.54) is 0 Å². The molecule has 0 aromatic heterocycles. The van der Waals surface area contributed by atoms with Crippen molar-refractivity contribution in [1.82, 2.24) is 0 Å². The van der Waals surface area contributed by atoms with Crippen molar-refractivity contribution in [3.63, 3.8) is 0 Å². The van der Waals surface area contributed by atoms with Crippen LogP contribution >= 0.6 is 11.6 Å². The minimum atomic E-state index is -0.789. The van der Waals surface area contributed by atoms with Crippen molar-refractivity contribution in [2.75, 3.05) is 23.5 Å². The highest BCUT2D eigenvalue weighted by molar-refractivity contribution is 6.30. The maximum atomic E-state index is 14.0. The maximum Gasteiger partial charge on any atom is 0.258 e. The number of ether oxygens (including phenoxy) is 1. The quantitative estimate of drug-likeness (QED) is 0.447. The standard InChI is InChI=1S/C28H29ClN2O3/c1-5-30(22-14-12-21(29)13-15-22)27(33)28(3)18-19(2)31(25-9-7-6-8-24(25)28)26(32)20-10-16-23(34-4)17-11-20/h6-17,19H,5,18H2,1-4H3. The number of carbonyl (C=O) groups is 2. The van der Waals surface area contributed by atoms with Gasteiger partial charge < -0.3 is 14.5 Å². The Morgan fingerprint density at radius 1 is 1.06 bits per heavy atom. The summed E-state index contributed by atoms with van der Waals surface area (Å²) in [5.41, 5.74) is 2.22. The zero-order chi connectivity index (χ0) is 24.5. The van der Waals surface area contributed by atoms with Gasteiger partial charge in [0.25, 0.3) is 5.91 Å². The van der Waals surface area contributed by atoms with Gasteiger partial charge in [-0.05, 0) is 87.4 Å². The molecule has 1 aliphatic rings. The van der Waals surface area contributed by atoms with Crippen LogP contribution in [0.1, 0.15) is 43.1 Å². The predicted molar refractivity (Wildman–Crippen MR) is 137 cm³/mol. The van der Waals surface area contributed by atoms with Gasteiger partial charge in [0.15, 0.2) is 0 Å². The van der Waals surface area contributed by atoms with Gasteiger partial charge in [0.1, 0.15) is 5.75 Å². The van der Waals surface area contributed by atoms with Crippen LogP contribution in [0.3, 0.4) is 0 Å². The molecule has 0 N–H and O–H groups in total. The van der Waals surface area contributed by atoms with Crippen LogP contribution in [0.4, 0.5) is 11.4 Å². The lowest BCUT2D eigenvalue weighted by Crippen LogP contribution is -2.54. The summed E-state index contributed by atoms with van der Waals surface area (Å²) in [6, 6.07) is 22.0. The van der Waals surface area contributed by atoms with Crippen LogP contribution in [0.25, 0.3) is 0 Å². The van der Waals surface area contributed by atoms with Gasteiger partial charge in [-0.1, -0.05) is 29.8 Å². The second-order valence-corrected chi connectivity index (χ2v) is 9.27. The van der Waals surface area contributed by atoms with Crippen molar-refractivity contribution in [3.05, 3.63) is 88.9 Å². The Morgan fingerprint density at radius 2 is 1.71 bits per heavy atom. The van der Waals surface area contributed by atoms with Gasteiger partial charge in [0.2, 0.25) is 5.91 Å². The molecule has 34 heavy (non-hydrogen) atoms. The monoisotopic (exact) mass is 476 g/mol. The van der Waals surface area contributed by atoms with Crippen LogP contribution in [0, 0.1) is 0 Å². The van der Waals surface area contributed by atoms with Crippen molar-refractivity contribution in [2.45, 2.75) is 38.6 Å². The number of rotatable bonds is 5. The molecule has 0 aliphatic carbocycles. The fraction of sp³-hybridized carbons (Fsp3) is 0.286. The van der Waals surface area contributed by atoms with Gasteiger partial charge in [-0.25, -0.2) is 0 Å². The highest BCUT2D eigenvalue weighted by atomic mass is 35.5. The van der Waals surface area contributed by atoms with E-state index in [-0.39, 0.29) is 17.9 Å². The highest BCUT2D eigenvalue weighted by Crippen LogP contribution is 2.45. The molecule has 1 aliphatic heterocycles. The minimum Gasteiger partial charge on any atom is -0.497 e. The average Bonchev–Trinajstić information content (AvgIpc) is 2.85. The summed E-state index contributed by atoms with van der Waals surface area (Å²) in [6.45, 7) is 6.48. The van der Waals surface area contributed by atoms with E-state index < -0.39 is 5.41 Å². The Balaban J connectivity index is 1.74. The van der Waals surface area contributed by atoms with Crippen molar-refractivity contribution < 1.29 is 14.3 Å². The van der Waals surface area contributed by atoms with Gasteiger partial charge in [0.05, 0.1) is 12.5 Å². The van der Waals surface area contributed by atoms with Crippen LogP contribution in [0.5, 0.6) is 5.75 Å². The lowest BCUT2D eigenvalue weighted by atomic mass is 9.72. The first-order chi connectivity index (χ1) is 16.3. The zero-order valence-corrected chi connectivity index (χ0v) is 20.7. The molecule has 6 heteroatoms. The summed E-state index contributed by atoms with van der Waals surface area (Å²) in [6.07, 6.45) is 0.509. The second kappa shape index (κ2) is 9.51. The summed E-state index contributed by atoms with van der Waals surface area (Å²) in [5, 5.41) is 0.628. The molecule has 2 atom stereocenters. The number of benzene rings is 3. The summed E-state index contributed by atoms with van der Waals surface area (Å²) in [4.78, 5) is 31.2. The van der Waals surface area contributed by atoms with E-state index in [0.717, 1.165) is 16.9 Å². The first-order valence-corrected chi connectivity index (χ1v) is 11.8. The molecule has 0 fully saturated rings. The van der Waals surface area contributed by atoms with E-state index >= 15 is 0 Å². The lowest BCUT2D eigenvalue weighted by molar-refractivity contribution is -0.124. The fourth-order valence-corrected chi connectivity index (χ4v) is 5.05. The molecular formula is C28H29ClN2O3. The number of likely N-dealkylation sites (N-methyl/N-ethyl adjacent to an activating group) is 1. The smallest absolute Gasteiger partial charge is 0.258 e. The number of para-hydroxylation sites is 1. The third kappa shape index (κ3) is 4.16. The fourth-order valence-electron chi connectivity index (χ4n) is 4.93. The molecule has 0 spiro atoms. The number of fused-ring (bicyclic) bond motifs is 1. The zero-order valence-electron chi connectivity index (χ0n) is 19.9. The van der Waals surface area contributed by atoms with Gasteiger partial charge in [-0.3, -0.25) is 9.59 Å². The average molecular weight is 477 g/mol. The first kappa shape index (κ1) is 23.8. The van der Waals surface area contributed by atoms with Crippen LogP contribution in [-0.2, 0) is 10.2 Å². The van der Waals surface area contributed by atoms with Crippen LogP contribution in [-0.4, -0.2) is 31.5 Å². The van der Waals surface area contributed by atoms with Crippen LogP contribution < -0.4 is 14.5 Å². The molecule has 3 aromatic carbocycles. The van der Waals surface area contributed by atoms with E-state index in [1.54, 1.807) is 48.4 Å². The van der Waals surface area contributed by atoms with E-state index in [1.807, 2.05) is 62.1 Å². The Morgan fingerprint density at radius 3 is 2.32 bits per heavy atom. The van der Waals surface area contributed by atoms with Crippen molar-refractivity contribution in [3.8, 4) is 5.75 Å². The van der Waals surface area contributed by atoms with Gasteiger partial charge in [0, 0.05) is 34.5 Å². The number of anilines is 2. The molecule has 176 valence electrons. The predicted octanol–water partition coefficient (Wildman–Crippen LogP) is 6.10. The summed E-state index contributed by atoms with van der Waals surface area (Å²) in [7, 11) is 1.60. The molecule has 0 saturated heterocycles. The van der Waals surface area contributed by atoms with Gasteiger partial charge >= 0.3 is 0 Å². The molecule has 5 nitrogen and oxygen atoms in total. The summed E-state index contributed by atoms with van der Waals surface area (Å²) < 4.78 is 5.23. The van der Waals surface area contributed by atoms with E-state index in [4.69, 9.17) is 16.3 Å².